The number of aromatic nitrogens is 3. The molecule has 0 saturated heterocycles. The molecule has 0 bridgehead atoms. The van der Waals surface area contributed by atoms with Crippen molar-refractivity contribution >= 4 is 59.6 Å². The normalized spacial score (nSPS) is 11.6. The maximum Gasteiger partial charge on any atom is 2.00 e. The number of nitrogens with zero attached hydrogens (tertiary/aromatic N) is 3. The van der Waals surface area contributed by atoms with Crippen molar-refractivity contribution in [1.82, 2.24) is 9.38 Å². The molecule has 43 heavy (non-hydrogen) atoms. The Bertz CT molecular complexity index is 2540. The molecule has 204 valence electrons. The molecule has 1 N–H and O–H groups in total. The van der Waals surface area contributed by atoms with Gasteiger partial charge in [0, 0.05) is 6.20 Å². The fraction of sp³-hybridized carbons (Fsp3) is 0. The average molecular weight is 732 g/mol. The maximum absolute atomic E-state index is 11.1. The Balaban J connectivity index is 0.00000278. The summed E-state index contributed by atoms with van der Waals surface area (Å²) in [5.74, 6) is 0.194. The van der Waals surface area contributed by atoms with Gasteiger partial charge in [-0.15, -0.1) is 23.8 Å². The molecule has 0 unspecified atom stereocenters. The summed E-state index contributed by atoms with van der Waals surface area (Å²) in [7, 11) is 0. The number of phenolic OH excluding ortho intramolecular Hbond substituents is 1. The van der Waals surface area contributed by atoms with Gasteiger partial charge in [-0.25, -0.2) is 0 Å². The second kappa shape index (κ2) is 9.76. The predicted octanol–water partition coefficient (Wildman–Crippen LogP) is 8.35. The van der Waals surface area contributed by atoms with Gasteiger partial charge in [0.25, 0.3) is 6.33 Å². The molecule has 3 aromatic heterocycles. The molecule has 0 spiro atoms. The molecule has 4 nitrogen and oxygen atoms in total. The van der Waals surface area contributed by atoms with Gasteiger partial charge in [-0.2, -0.15) is 0 Å². The van der Waals surface area contributed by atoms with Crippen molar-refractivity contribution in [3.63, 3.8) is 0 Å². The predicted molar refractivity (Wildman–Crippen MR) is 169 cm³/mol. The first-order chi connectivity index (χ1) is 20.8. The topological polar surface area (TPSA) is 41.4 Å². The van der Waals surface area contributed by atoms with Crippen LogP contribution in [0.3, 0.4) is 0 Å². The van der Waals surface area contributed by atoms with Crippen LogP contribution in [0, 0.1) is 12.4 Å². The van der Waals surface area contributed by atoms with Crippen molar-refractivity contribution in [2.45, 2.75) is 0 Å². The van der Waals surface area contributed by atoms with E-state index in [1.54, 1.807) is 6.07 Å². The van der Waals surface area contributed by atoms with Crippen LogP contribution in [0.2, 0.25) is 0 Å². The van der Waals surface area contributed by atoms with Gasteiger partial charge in [0.1, 0.15) is 11.4 Å². The number of imidazole rings is 1. The number of benzene rings is 6. The van der Waals surface area contributed by atoms with Crippen molar-refractivity contribution < 1.29 is 30.7 Å². The van der Waals surface area contributed by atoms with Crippen LogP contribution in [-0.4, -0.2) is 14.5 Å². The molecule has 0 amide bonds. The smallest absolute Gasteiger partial charge is 0.511 e. The van der Waals surface area contributed by atoms with Crippen molar-refractivity contribution in [2.24, 2.45) is 0 Å². The third kappa shape index (κ3) is 3.67. The summed E-state index contributed by atoms with van der Waals surface area (Å²) in [5, 5.41) is 20.2. The number of hydrogen-bond acceptors (Lipinski definition) is 2. The van der Waals surface area contributed by atoms with Gasteiger partial charge in [0.15, 0.2) is 0 Å². The Labute approximate surface area is 261 Å². The van der Waals surface area contributed by atoms with E-state index in [1.165, 1.54) is 10.8 Å². The van der Waals surface area contributed by atoms with Crippen LogP contribution < -0.4 is 4.57 Å². The van der Waals surface area contributed by atoms with Crippen LogP contribution in [0.25, 0.3) is 76.6 Å². The first-order valence-electron chi connectivity index (χ1n) is 14.0. The monoisotopic (exact) mass is 731 g/mol. The number of phenols is 1. The van der Waals surface area contributed by atoms with E-state index in [2.05, 4.69) is 101 Å². The molecule has 0 aliphatic rings. The van der Waals surface area contributed by atoms with Crippen molar-refractivity contribution in [1.29, 1.82) is 0 Å². The van der Waals surface area contributed by atoms with Gasteiger partial charge in [-0.3, -0.25) is 4.57 Å². The Kier molecular flexibility index (Phi) is 5.82. The maximum atomic E-state index is 11.1. The molecule has 0 saturated carbocycles. The van der Waals surface area contributed by atoms with Crippen molar-refractivity contribution in [3.05, 3.63) is 140 Å². The zero-order valence-corrected chi connectivity index (χ0v) is 25.0. The van der Waals surface area contributed by atoms with E-state index in [0.717, 1.165) is 60.1 Å². The standard InChI is InChI=1S/C38H22N3O.Pt/c42-35-18-6-5-17-33(35)40-23-41-34-22-24(32-16-7-8-21-39-32)19-20-28(34)25-10-1-2-11-26(25)29-14-9-15-30-27-12-3-4-13-31(27)37(40)38(41)36(29)30;/h1-21,42H;/q-1;+2. The van der Waals surface area contributed by atoms with Gasteiger partial charge in [0.2, 0.25) is 0 Å². The molecule has 0 aliphatic carbocycles. The van der Waals surface area contributed by atoms with Crippen LogP contribution in [0.1, 0.15) is 0 Å². The molecule has 3 heterocycles. The summed E-state index contributed by atoms with van der Waals surface area (Å²) < 4.78 is 4.14. The first kappa shape index (κ1) is 25.6. The molecule has 0 fully saturated rings. The van der Waals surface area contributed by atoms with Crippen LogP contribution in [0.5, 0.6) is 5.75 Å². The fourth-order valence-corrected chi connectivity index (χ4v) is 6.56. The average Bonchev–Trinajstić information content (AvgIpc) is 3.45. The second-order valence-electron chi connectivity index (χ2n) is 10.6. The van der Waals surface area contributed by atoms with Gasteiger partial charge in [-0.1, -0.05) is 102 Å². The largest absolute Gasteiger partial charge is 2.00 e. The number of pyridine rings is 1. The number of fused-ring (bicyclic) bond motifs is 8. The summed E-state index contributed by atoms with van der Waals surface area (Å²) in [6.45, 7) is 0. The van der Waals surface area contributed by atoms with E-state index in [1.807, 2.05) is 47.2 Å². The number of para-hydroxylation sites is 2. The quantitative estimate of drug-likeness (QED) is 0.110. The molecule has 5 heteroatoms. The van der Waals surface area contributed by atoms with Crippen LogP contribution in [0.4, 0.5) is 0 Å². The summed E-state index contributed by atoms with van der Waals surface area (Å²) in [6.07, 6.45) is 5.49. The molecular formula is C38H22N3OPt+. The van der Waals surface area contributed by atoms with Gasteiger partial charge in [-0.05, 0) is 61.7 Å². The summed E-state index contributed by atoms with van der Waals surface area (Å²) >= 11 is 0. The Hall–Kier alpha value is -5.05. The number of rotatable bonds is 2. The molecule has 6 aromatic carbocycles. The molecule has 0 atom stereocenters. The van der Waals surface area contributed by atoms with Crippen molar-refractivity contribution in [2.75, 3.05) is 0 Å². The summed E-state index contributed by atoms with van der Waals surface area (Å²) in [4.78, 5) is 4.62. The zero-order valence-electron chi connectivity index (χ0n) is 22.7. The summed E-state index contributed by atoms with van der Waals surface area (Å²) in [5.41, 5.74) is 5.32. The molecule has 0 radical (unpaired) electrons. The Morgan fingerprint density at radius 3 is 1.95 bits per heavy atom. The minimum Gasteiger partial charge on any atom is -0.511 e. The van der Waals surface area contributed by atoms with E-state index < -0.39 is 0 Å². The first-order valence-corrected chi connectivity index (χ1v) is 14.0. The SMILES string of the molecule is Oc1ccccc1-[n+]1[c-]n2c3[c-]c(-c4ccccn4)ccc3c3ccccc3c3cccc4c5ccccc5c1c2c34.[Pt+2]. The third-order valence-electron chi connectivity index (χ3n) is 8.36. The van der Waals surface area contributed by atoms with Gasteiger partial charge < -0.3 is 14.5 Å². The van der Waals surface area contributed by atoms with E-state index in [4.69, 9.17) is 0 Å². The number of hydrogen-bond donors (Lipinski definition) is 1. The molecule has 9 aromatic rings. The van der Waals surface area contributed by atoms with E-state index >= 15 is 0 Å². The van der Waals surface area contributed by atoms with Gasteiger partial charge >= 0.3 is 21.1 Å². The van der Waals surface area contributed by atoms with Gasteiger partial charge in [0.05, 0.1) is 11.0 Å². The Morgan fingerprint density at radius 1 is 0.605 bits per heavy atom. The van der Waals surface area contributed by atoms with Crippen LogP contribution in [-0.2, 0) is 21.1 Å². The number of aromatic hydroxyl groups is 1. The summed E-state index contributed by atoms with van der Waals surface area (Å²) in [6, 6.07) is 45.1. The molecule has 0 aliphatic heterocycles. The zero-order chi connectivity index (χ0) is 27.8. The van der Waals surface area contributed by atoms with E-state index in [-0.39, 0.29) is 26.8 Å². The van der Waals surface area contributed by atoms with Crippen LogP contribution in [0.15, 0.2) is 128 Å². The Morgan fingerprint density at radius 2 is 1.23 bits per heavy atom. The second-order valence-corrected chi connectivity index (χ2v) is 10.6. The third-order valence-corrected chi connectivity index (χ3v) is 8.36. The van der Waals surface area contributed by atoms with Crippen molar-refractivity contribution in [3.8, 4) is 22.7 Å². The minimum atomic E-state index is 0. The van der Waals surface area contributed by atoms with E-state index in [9.17, 15) is 5.11 Å². The van der Waals surface area contributed by atoms with E-state index in [0.29, 0.717) is 5.69 Å². The molecular weight excluding hydrogens is 710 g/mol. The van der Waals surface area contributed by atoms with Crippen LogP contribution >= 0.6 is 0 Å². The minimum absolute atomic E-state index is 0. The fourth-order valence-electron chi connectivity index (χ4n) is 6.56. The molecule has 9 rings (SSSR count).